The Morgan fingerprint density at radius 3 is 2.53 bits per heavy atom. The van der Waals surface area contributed by atoms with Crippen molar-refractivity contribution in [1.82, 2.24) is 14.7 Å². The highest BCUT2D eigenvalue weighted by atomic mass is 32.2. The highest BCUT2D eigenvalue weighted by molar-refractivity contribution is 8.01. The number of aryl methyl sites for hydroxylation is 1. The molecular weight excluding hydrogens is 274 g/mol. The quantitative estimate of drug-likeness (QED) is 0.659. The fourth-order valence-electron chi connectivity index (χ4n) is 2.07. The topological polar surface area (TPSA) is 37.8 Å². The Morgan fingerprint density at radius 1 is 1.21 bits per heavy atom. The number of thioether (sulfide) groups is 1. The van der Waals surface area contributed by atoms with Crippen molar-refractivity contribution >= 4 is 23.3 Å². The van der Waals surface area contributed by atoms with Gasteiger partial charge in [-0.05, 0) is 37.3 Å². The molecule has 1 N–H and O–H groups in total. The molecule has 110 valence electrons. The molecule has 2 unspecified atom stereocenters. The van der Waals surface area contributed by atoms with E-state index in [9.17, 15) is 0 Å². The lowest BCUT2D eigenvalue weighted by Gasteiger charge is -2.25. The van der Waals surface area contributed by atoms with E-state index in [0.717, 1.165) is 23.1 Å². The minimum atomic E-state index is 0.592. The van der Waals surface area contributed by atoms with E-state index in [1.807, 2.05) is 11.8 Å². The summed E-state index contributed by atoms with van der Waals surface area (Å²) in [6.45, 7) is 9.98. The van der Waals surface area contributed by atoms with Gasteiger partial charge in [0.2, 0.25) is 0 Å². The van der Waals surface area contributed by atoms with Crippen molar-refractivity contribution in [3.8, 4) is 0 Å². The van der Waals surface area contributed by atoms with E-state index in [4.69, 9.17) is 0 Å². The van der Waals surface area contributed by atoms with Crippen LogP contribution in [0.25, 0.3) is 0 Å². The molecule has 0 saturated heterocycles. The van der Waals surface area contributed by atoms with Crippen LogP contribution >= 0.6 is 23.3 Å². The zero-order valence-corrected chi connectivity index (χ0v) is 14.2. The van der Waals surface area contributed by atoms with Gasteiger partial charge in [0.05, 0.1) is 0 Å². The van der Waals surface area contributed by atoms with Crippen LogP contribution in [0.15, 0.2) is 4.34 Å². The summed E-state index contributed by atoms with van der Waals surface area (Å²) in [4.78, 5) is 4.58. The van der Waals surface area contributed by atoms with Crippen LogP contribution in [0.4, 0.5) is 0 Å². The van der Waals surface area contributed by atoms with Gasteiger partial charge in [0, 0.05) is 17.7 Å². The van der Waals surface area contributed by atoms with Gasteiger partial charge in [0.1, 0.15) is 5.82 Å². The van der Waals surface area contributed by atoms with Gasteiger partial charge in [-0.15, -0.1) is 0 Å². The minimum absolute atomic E-state index is 0.592. The van der Waals surface area contributed by atoms with Gasteiger partial charge in [0.25, 0.3) is 0 Å². The zero-order chi connectivity index (χ0) is 14.1. The van der Waals surface area contributed by atoms with Gasteiger partial charge < -0.3 is 5.32 Å². The lowest BCUT2D eigenvalue weighted by atomic mass is 10.1. The normalized spacial score (nSPS) is 14.5. The molecule has 5 heteroatoms. The molecular formula is C14H27N3S2. The maximum atomic E-state index is 4.58. The van der Waals surface area contributed by atoms with Crippen molar-refractivity contribution in [2.75, 3.05) is 6.54 Å². The fourth-order valence-corrected chi connectivity index (χ4v) is 4.20. The second-order valence-electron chi connectivity index (χ2n) is 4.74. The third-order valence-electron chi connectivity index (χ3n) is 3.13. The van der Waals surface area contributed by atoms with E-state index >= 15 is 0 Å². The Balaban J connectivity index is 2.61. The van der Waals surface area contributed by atoms with Crippen LogP contribution in [0, 0.1) is 0 Å². The first-order chi connectivity index (χ1) is 9.24. The zero-order valence-electron chi connectivity index (χ0n) is 12.6. The van der Waals surface area contributed by atoms with Gasteiger partial charge in [0.15, 0.2) is 4.34 Å². The second-order valence-corrected chi connectivity index (χ2v) is 6.98. The molecule has 0 aliphatic carbocycles. The molecule has 0 amide bonds. The van der Waals surface area contributed by atoms with Gasteiger partial charge in [-0.3, -0.25) is 0 Å². The Hall–Kier alpha value is -0.130. The maximum absolute atomic E-state index is 4.58. The molecule has 0 spiro atoms. The van der Waals surface area contributed by atoms with Crippen LogP contribution in [-0.4, -0.2) is 27.2 Å². The molecule has 1 aromatic heterocycles. The number of nitrogens with zero attached hydrogens (tertiary/aromatic N) is 2. The lowest BCUT2D eigenvalue weighted by molar-refractivity contribution is 0.454. The van der Waals surface area contributed by atoms with E-state index in [1.165, 1.54) is 25.7 Å². The molecule has 1 rings (SSSR count). The Kier molecular flexibility index (Phi) is 8.66. The van der Waals surface area contributed by atoms with Crippen molar-refractivity contribution in [2.45, 2.75) is 75.4 Å². The summed E-state index contributed by atoms with van der Waals surface area (Å²) in [5, 5.41) is 4.30. The Morgan fingerprint density at radius 2 is 2.00 bits per heavy atom. The van der Waals surface area contributed by atoms with Crippen molar-refractivity contribution in [2.24, 2.45) is 0 Å². The van der Waals surface area contributed by atoms with Crippen molar-refractivity contribution in [1.29, 1.82) is 0 Å². The second kappa shape index (κ2) is 9.72. The average molecular weight is 302 g/mol. The largest absolute Gasteiger partial charge is 0.313 e. The highest BCUT2D eigenvalue weighted by Crippen LogP contribution is 2.30. The van der Waals surface area contributed by atoms with E-state index in [-0.39, 0.29) is 0 Å². The Labute approximate surface area is 126 Å². The molecule has 19 heavy (non-hydrogen) atoms. The van der Waals surface area contributed by atoms with Crippen LogP contribution in [0.3, 0.4) is 0 Å². The molecule has 3 nitrogen and oxygen atoms in total. The van der Waals surface area contributed by atoms with E-state index in [2.05, 4.69) is 42.4 Å². The SMILES string of the molecule is CCCNC(CCC)C(CC)Sc1nc(CC)ns1. The van der Waals surface area contributed by atoms with Crippen LogP contribution < -0.4 is 5.32 Å². The smallest absolute Gasteiger partial charge is 0.170 e. The van der Waals surface area contributed by atoms with Crippen LogP contribution in [0.5, 0.6) is 0 Å². The first-order valence-electron chi connectivity index (χ1n) is 7.47. The predicted octanol–water partition coefficient (Wildman–Crippen LogP) is 4.14. The summed E-state index contributed by atoms with van der Waals surface area (Å²) in [5.41, 5.74) is 0. The maximum Gasteiger partial charge on any atom is 0.170 e. The van der Waals surface area contributed by atoms with Gasteiger partial charge >= 0.3 is 0 Å². The first-order valence-corrected chi connectivity index (χ1v) is 9.12. The molecule has 0 aromatic carbocycles. The van der Waals surface area contributed by atoms with Crippen LogP contribution in [0.1, 0.15) is 59.2 Å². The molecule has 0 saturated carbocycles. The molecule has 0 aliphatic rings. The van der Waals surface area contributed by atoms with Crippen LogP contribution in [0.2, 0.25) is 0 Å². The number of rotatable bonds is 10. The fraction of sp³-hybridized carbons (Fsp3) is 0.857. The van der Waals surface area contributed by atoms with E-state index in [1.54, 1.807) is 11.5 Å². The molecule has 0 radical (unpaired) electrons. The molecule has 0 fully saturated rings. The Bertz CT molecular complexity index is 341. The van der Waals surface area contributed by atoms with Crippen molar-refractivity contribution in [3.05, 3.63) is 5.82 Å². The molecule has 0 bridgehead atoms. The summed E-state index contributed by atoms with van der Waals surface area (Å²) < 4.78 is 5.51. The monoisotopic (exact) mass is 301 g/mol. The van der Waals surface area contributed by atoms with Crippen molar-refractivity contribution in [3.63, 3.8) is 0 Å². The van der Waals surface area contributed by atoms with E-state index in [0.29, 0.717) is 11.3 Å². The summed E-state index contributed by atoms with van der Waals surface area (Å²) in [6, 6.07) is 0.592. The minimum Gasteiger partial charge on any atom is -0.313 e. The molecule has 2 atom stereocenters. The van der Waals surface area contributed by atoms with Gasteiger partial charge in [-0.1, -0.05) is 45.9 Å². The van der Waals surface area contributed by atoms with E-state index < -0.39 is 0 Å². The number of hydrogen-bond donors (Lipinski definition) is 1. The van der Waals surface area contributed by atoms with Gasteiger partial charge in [-0.25, -0.2) is 4.98 Å². The standard InChI is InChI=1S/C14H27N3S2/c1-5-9-11(15-10-6-2)12(7-3)18-14-16-13(8-4)17-19-14/h11-12,15H,5-10H2,1-4H3. The van der Waals surface area contributed by atoms with Crippen molar-refractivity contribution < 1.29 is 0 Å². The summed E-state index contributed by atoms with van der Waals surface area (Å²) in [7, 11) is 0. The molecule has 1 heterocycles. The number of aromatic nitrogens is 2. The van der Waals surface area contributed by atoms with Crippen LogP contribution in [-0.2, 0) is 6.42 Å². The predicted molar refractivity (Wildman–Crippen MR) is 86.2 cm³/mol. The van der Waals surface area contributed by atoms with Gasteiger partial charge in [-0.2, -0.15) is 4.37 Å². The average Bonchev–Trinajstić information content (AvgIpc) is 2.89. The third-order valence-corrected chi connectivity index (χ3v) is 5.44. The molecule has 1 aromatic rings. The number of hydrogen-bond acceptors (Lipinski definition) is 5. The number of nitrogens with one attached hydrogen (secondary N) is 1. The lowest BCUT2D eigenvalue weighted by Crippen LogP contribution is -2.38. The highest BCUT2D eigenvalue weighted by Gasteiger charge is 2.21. The third kappa shape index (κ3) is 5.79. The molecule has 0 aliphatic heterocycles. The first kappa shape index (κ1) is 16.9. The summed E-state index contributed by atoms with van der Waals surface area (Å²) >= 11 is 3.46. The summed E-state index contributed by atoms with van der Waals surface area (Å²) in [6.07, 6.45) is 5.77. The summed E-state index contributed by atoms with van der Waals surface area (Å²) in [5.74, 6) is 0.982.